The molecule has 0 spiro atoms. The number of amides is 1. The number of nitrogens with two attached hydrogens (primary N) is 1. The number of hydrogen-bond donors (Lipinski definition) is 2. The molecule has 0 aliphatic carbocycles. The van der Waals surface area contributed by atoms with Crippen LogP contribution in [0.15, 0.2) is 29.2 Å². The molecule has 3 nitrogen and oxygen atoms in total. The molecule has 1 amide bonds. The second-order valence-electron chi connectivity index (χ2n) is 3.72. The predicted octanol–water partition coefficient (Wildman–Crippen LogP) is 2.25. The normalized spacial score (nSPS) is 12.2. The molecule has 0 radical (unpaired) electrons. The Balaban J connectivity index is 2.71. The van der Waals surface area contributed by atoms with Crippen LogP contribution in [0.25, 0.3) is 0 Å². The lowest BCUT2D eigenvalue weighted by Gasteiger charge is -2.14. The third-order valence-electron chi connectivity index (χ3n) is 2.25. The summed E-state index contributed by atoms with van der Waals surface area (Å²) in [6.45, 7) is 4.11. The third kappa shape index (κ3) is 3.87. The lowest BCUT2D eigenvalue weighted by atomic mass is 10.2. The van der Waals surface area contributed by atoms with Gasteiger partial charge in [0.1, 0.15) is 0 Å². The molecule has 0 saturated carbocycles. The van der Waals surface area contributed by atoms with E-state index < -0.39 is 0 Å². The minimum absolute atomic E-state index is 0.100. The highest BCUT2D eigenvalue weighted by atomic mass is 32.2. The van der Waals surface area contributed by atoms with Crippen LogP contribution in [0.3, 0.4) is 0 Å². The Labute approximate surface area is 101 Å². The van der Waals surface area contributed by atoms with Gasteiger partial charge < -0.3 is 0 Å². The van der Waals surface area contributed by atoms with E-state index in [-0.39, 0.29) is 11.2 Å². The zero-order chi connectivity index (χ0) is 12.0. The van der Waals surface area contributed by atoms with Crippen LogP contribution in [0.2, 0.25) is 0 Å². The third-order valence-corrected chi connectivity index (χ3v) is 3.51. The van der Waals surface area contributed by atoms with Crippen LogP contribution in [0.4, 0.5) is 0 Å². The highest BCUT2D eigenvalue weighted by Crippen LogP contribution is 2.26. The maximum Gasteiger partial charge on any atom is 0.247 e. The van der Waals surface area contributed by atoms with Crippen LogP contribution in [0.5, 0.6) is 0 Å². The van der Waals surface area contributed by atoms with Gasteiger partial charge in [-0.15, -0.1) is 11.8 Å². The molecule has 1 atom stereocenters. The fourth-order valence-corrected chi connectivity index (χ4v) is 2.72. The maximum absolute atomic E-state index is 11.5. The van der Waals surface area contributed by atoms with E-state index in [1.165, 1.54) is 5.56 Å². The second kappa shape index (κ2) is 6.55. The van der Waals surface area contributed by atoms with Gasteiger partial charge in [0.25, 0.3) is 0 Å². The Morgan fingerprint density at radius 2 is 2.31 bits per heavy atom. The van der Waals surface area contributed by atoms with Gasteiger partial charge in [0.15, 0.2) is 0 Å². The second-order valence-corrected chi connectivity index (χ2v) is 5.00. The van der Waals surface area contributed by atoms with Gasteiger partial charge in [-0.3, -0.25) is 10.2 Å². The van der Waals surface area contributed by atoms with Gasteiger partial charge in [-0.2, -0.15) is 0 Å². The first kappa shape index (κ1) is 13.1. The summed E-state index contributed by atoms with van der Waals surface area (Å²) >= 11 is 1.57. The molecule has 0 bridgehead atoms. The van der Waals surface area contributed by atoms with E-state index in [4.69, 9.17) is 5.84 Å². The number of benzene rings is 1. The molecule has 3 N–H and O–H groups in total. The van der Waals surface area contributed by atoms with Gasteiger partial charge in [-0.1, -0.05) is 31.0 Å². The number of nitrogens with one attached hydrogen (secondary N) is 1. The van der Waals surface area contributed by atoms with Crippen molar-refractivity contribution in [3.63, 3.8) is 0 Å². The fourth-order valence-electron chi connectivity index (χ4n) is 1.45. The van der Waals surface area contributed by atoms with Gasteiger partial charge in [-0.05, 0) is 25.5 Å². The number of rotatable bonds is 5. The molecular formula is C12H18N2OS. The number of hydrogen-bond acceptors (Lipinski definition) is 3. The Morgan fingerprint density at radius 1 is 1.56 bits per heavy atom. The van der Waals surface area contributed by atoms with E-state index in [0.29, 0.717) is 0 Å². The van der Waals surface area contributed by atoms with Crippen molar-refractivity contribution in [2.24, 2.45) is 5.84 Å². The van der Waals surface area contributed by atoms with Crippen molar-refractivity contribution in [1.29, 1.82) is 0 Å². The van der Waals surface area contributed by atoms with Gasteiger partial charge >= 0.3 is 0 Å². The minimum Gasteiger partial charge on any atom is -0.293 e. The van der Waals surface area contributed by atoms with E-state index in [2.05, 4.69) is 18.4 Å². The topological polar surface area (TPSA) is 55.1 Å². The number of carbonyl (C=O) groups is 1. The average molecular weight is 238 g/mol. The summed E-state index contributed by atoms with van der Waals surface area (Å²) in [4.78, 5) is 12.6. The van der Waals surface area contributed by atoms with Gasteiger partial charge in [0, 0.05) is 4.90 Å². The molecule has 16 heavy (non-hydrogen) atoms. The quantitative estimate of drug-likeness (QED) is 0.358. The SMILES string of the molecule is CCCC(Sc1cccc(C)c1)C(=O)NN. The van der Waals surface area contributed by atoms with Crippen molar-refractivity contribution in [1.82, 2.24) is 5.43 Å². The molecule has 1 aromatic rings. The number of hydrazine groups is 1. The number of aryl methyl sites for hydroxylation is 1. The van der Waals surface area contributed by atoms with E-state index in [0.717, 1.165) is 17.7 Å². The molecule has 88 valence electrons. The monoisotopic (exact) mass is 238 g/mol. The highest BCUT2D eigenvalue weighted by Gasteiger charge is 2.17. The molecule has 0 aliphatic rings. The van der Waals surface area contributed by atoms with Crippen molar-refractivity contribution < 1.29 is 4.79 Å². The van der Waals surface area contributed by atoms with E-state index in [1.54, 1.807) is 11.8 Å². The fraction of sp³-hybridized carbons (Fsp3) is 0.417. The summed E-state index contributed by atoms with van der Waals surface area (Å²) in [7, 11) is 0. The summed E-state index contributed by atoms with van der Waals surface area (Å²) in [5, 5.41) is -0.100. The summed E-state index contributed by atoms with van der Waals surface area (Å²) in [6.07, 6.45) is 1.80. The van der Waals surface area contributed by atoms with Gasteiger partial charge in [0.05, 0.1) is 5.25 Å². The van der Waals surface area contributed by atoms with Crippen LogP contribution in [-0.4, -0.2) is 11.2 Å². The zero-order valence-corrected chi connectivity index (χ0v) is 10.5. The smallest absolute Gasteiger partial charge is 0.247 e. The van der Waals surface area contributed by atoms with E-state index >= 15 is 0 Å². The van der Waals surface area contributed by atoms with Crippen LogP contribution >= 0.6 is 11.8 Å². The predicted molar refractivity (Wildman–Crippen MR) is 68.1 cm³/mol. The van der Waals surface area contributed by atoms with Crippen molar-refractivity contribution in [2.45, 2.75) is 36.8 Å². The van der Waals surface area contributed by atoms with E-state index in [1.807, 2.05) is 25.1 Å². The molecule has 1 unspecified atom stereocenters. The van der Waals surface area contributed by atoms with Crippen molar-refractivity contribution >= 4 is 17.7 Å². The first-order valence-electron chi connectivity index (χ1n) is 5.41. The molecule has 4 heteroatoms. The minimum atomic E-state index is -0.103. The molecular weight excluding hydrogens is 220 g/mol. The lowest BCUT2D eigenvalue weighted by Crippen LogP contribution is -2.37. The summed E-state index contributed by atoms with van der Waals surface area (Å²) in [5.74, 6) is 5.07. The first-order chi connectivity index (χ1) is 7.67. The summed E-state index contributed by atoms with van der Waals surface area (Å²) in [6, 6.07) is 8.14. The Morgan fingerprint density at radius 3 is 2.88 bits per heavy atom. The Kier molecular flexibility index (Phi) is 5.35. The molecule has 0 aliphatic heterocycles. The largest absolute Gasteiger partial charge is 0.293 e. The van der Waals surface area contributed by atoms with Crippen molar-refractivity contribution in [3.8, 4) is 0 Å². The van der Waals surface area contributed by atoms with Gasteiger partial charge in [0.2, 0.25) is 5.91 Å². The van der Waals surface area contributed by atoms with E-state index in [9.17, 15) is 4.79 Å². The van der Waals surface area contributed by atoms with Crippen LogP contribution < -0.4 is 11.3 Å². The number of carbonyl (C=O) groups excluding carboxylic acids is 1. The van der Waals surface area contributed by atoms with Crippen LogP contribution in [0.1, 0.15) is 25.3 Å². The van der Waals surface area contributed by atoms with Crippen LogP contribution in [0, 0.1) is 6.92 Å². The first-order valence-corrected chi connectivity index (χ1v) is 6.29. The zero-order valence-electron chi connectivity index (χ0n) is 9.69. The van der Waals surface area contributed by atoms with Crippen molar-refractivity contribution in [2.75, 3.05) is 0 Å². The summed E-state index contributed by atoms with van der Waals surface area (Å²) < 4.78 is 0. The number of thioether (sulfide) groups is 1. The molecule has 1 rings (SSSR count). The van der Waals surface area contributed by atoms with Gasteiger partial charge in [-0.25, -0.2) is 5.84 Å². The standard InChI is InChI=1S/C12H18N2OS/c1-3-5-11(12(15)14-13)16-10-7-4-6-9(2)8-10/h4,6-8,11H,3,5,13H2,1-2H3,(H,14,15). The molecule has 1 aromatic carbocycles. The molecule has 0 saturated heterocycles. The maximum atomic E-state index is 11.5. The highest BCUT2D eigenvalue weighted by molar-refractivity contribution is 8.00. The average Bonchev–Trinajstić information content (AvgIpc) is 2.27. The Bertz CT molecular complexity index is 355. The van der Waals surface area contributed by atoms with Crippen molar-refractivity contribution in [3.05, 3.63) is 29.8 Å². The molecule has 0 heterocycles. The lowest BCUT2D eigenvalue weighted by molar-refractivity contribution is -0.120. The Hall–Kier alpha value is -1.00. The molecule has 0 aromatic heterocycles. The van der Waals surface area contributed by atoms with Crippen LogP contribution in [-0.2, 0) is 4.79 Å². The molecule has 0 fully saturated rings. The summed E-state index contributed by atoms with van der Waals surface area (Å²) in [5.41, 5.74) is 3.43.